The Hall–Kier alpha value is 0.180. The molecule has 0 N–H and O–H groups in total. The summed E-state index contributed by atoms with van der Waals surface area (Å²) in [4.78, 5) is 0. The Morgan fingerprint density at radius 3 is 1.94 bits per heavy atom. The van der Waals surface area contributed by atoms with Crippen molar-refractivity contribution in [2.24, 2.45) is 0 Å². The van der Waals surface area contributed by atoms with Crippen molar-refractivity contribution < 1.29 is 0 Å². The molecule has 1 aliphatic carbocycles. The monoisotopic (exact) mass is 339 g/mol. The van der Waals surface area contributed by atoms with Gasteiger partial charge in [-0.25, -0.2) is 0 Å². The average Bonchev–Trinajstić information content (AvgIpc) is 2.85. The van der Waals surface area contributed by atoms with Crippen molar-refractivity contribution >= 4 is 31.9 Å². The number of rotatable bonds is 4. The molecule has 0 nitrogen and oxygen atoms in total. The van der Waals surface area contributed by atoms with Gasteiger partial charge in [-0.15, -0.1) is 0 Å². The number of hydrogen-bond acceptors (Lipinski definition) is 0. The van der Waals surface area contributed by atoms with E-state index in [9.17, 15) is 0 Å². The first-order chi connectivity index (χ1) is 7.85. The molecule has 0 unspecified atom stereocenters. The molecule has 0 spiro atoms. The van der Waals surface area contributed by atoms with Gasteiger partial charge in [-0.1, -0.05) is 56.1 Å². The molecule has 1 aliphatic rings. The van der Waals surface area contributed by atoms with Gasteiger partial charge in [0.1, 0.15) is 0 Å². The summed E-state index contributed by atoms with van der Waals surface area (Å²) < 4.78 is 0. The summed E-state index contributed by atoms with van der Waals surface area (Å²) in [5.74, 6) is 1.84. The van der Waals surface area contributed by atoms with Crippen molar-refractivity contribution in [2.45, 2.75) is 5.92 Å². The third-order valence-corrected chi connectivity index (χ3v) is 4.31. The second-order valence-corrected chi connectivity index (χ2v) is 5.10. The number of benzene rings is 1. The summed E-state index contributed by atoms with van der Waals surface area (Å²) in [5.41, 5.74) is 2.67. The Balaban J connectivity index is 2.09. The van der Waals surface area contributed by atoms with E-state index >= 15 is 0 Å². The molecule has 1 aromatic rings. The molecule has 5 radical (unpaired) electrons. The van der Waals surface area contributed by atoms with Crippen LogP contribution in [0.1, 0.15) is 17.0 Å². The third kappa shape index (κ3) is 2.89. The van der Waals surface area contributed by atoms with Gasteiger partial charge in [0.25, 0.3) is 0 Å². The molecule has 0 aromatic heterocycles. The van der Waals surface area contributed by atoms with Crippen molar-refractivity contribution in [1.29, 1.82) is 0 Å². The lowest BCUT2D eigenvalue weighted by molar-refractivity contribution is 0.909. The van der Waals surface area contributed by atoms with Crippen molar-refractivity contribution in [1.82, 2.24) is 0 Å². The quantitative estimate of drug-likeness (QED) is 0.716. The predicted molar refractivity (Wildman–Crippen MR) is 76.3 cm³/mol. The van der Waals surface area contributed by atoms with Crippen LogP contribution in [-0.2, 0) is 0 Å². The highest BCUT2D eigenvalue weighted by atomic mass is 79.9. The van der Waals surface area contributed by atoms with E-state index in [-0.39, 0.29) is 0 Å². The average molecular weight is 341 g/mol. The minimum absolute atomic E-state index is 0.550. The van der Waals surface area contributed by atoms with Crippen LogP contribution in [0.25, 0.3) is 0 Å². The van der Waals surface area contributed by atoms with Crippen LogP contribution in [0.5, 0.6) is 0 Å². The van der Waals surface area contributed by atoms with Crippen LogP contribution in [0.2, 0.25) is 0 Å². The Kier molecular flexibility index (Phi) is 4.90. The fourth-order valence-electron chi connectivity index (χ4n) is 1.73. The van der Waals surface area contributed by atoms with Crippen LogP contribution < -0.4 is 0 Å². The second kappa shape index (κ2) is 6.20. The first kappa shape index (κ1) is 12.6. The van der Waals surface area contributed by atoms with Crippen molar-refractivity contribution in [3.05, 3.63) is 67.0 Å². The van der Waals surface area contributed by atoms with Gasteiger partial charge in [0.05, 0.1) is 0 Å². The molecular formula is C14H13Br2. The Labute approximate surface area is 115 Å². The first-order valence-electron chi connectivity index (χ1n) is 5.29. The van der Waals surface area contributed by atoms with Crippen LogP contribution in [0.3, 0.4) is 0 Å². The van der Waals surface area contributed by atoms with Gasteiger partial charge in [0.15, 0.2) is 0 Å². The number of hydrogen-bond donors (Lipinski definition) is 0. The topological polar surface area (TPSA) is 0 Å². The molecule has 16 heavy (non-hydrogen) atoms. The summed E-state index contributed by atoms with van der Waals surface area (Å²) in [5, 5.41) is 1.99. The summed E-state index contributed by atoms with van der Waals surface area (Å²) in [6, 6.07) is 8.83. The lowest BCUT2D eigenvalue weighted by Crippen LogP contribution is -2.02. The highest BCUT2D eigenvalue weighted by Crippen LogP contribution is 2.31. The van der Waals surface area contributed by atoms with Gasteiger partial charge < -0.3 is 0 Å². The highest BCUT2D eigenvalue weighted by Gasteiger charge is 2.19. The summed E-state index contributed by atoms with van der Waals surface area (Å²) >= 11 is 7.08. The molecule has 0 amide bonds. The molecule has 0 atom stereocenters. The van der Waals surface area contributed by atoms with E-state index in [4.69, 9.17) is 0 Å². The Bertz CT molecular complexity index is 287. The second-order valence-electron chi connectivity index (χ2n) is 3.80. The fraction of sp³-hybridized carbons (Fsp3) is 0.214. The van der Waals surface area contributed by atoms with Gasteiger partial charge in [-0.05, 0) is 36.8 Å². The van der Waals surface area contributed by atoms with E-state index in [1.54, 1.807) is 0 Å². The molecule has 0 bridgehead atoms. The van der Waals surface area contributed by atoms with E-state index in [2.05, 4.69) is 81.8 Å². The molecule has 2 heteroatoms. The summed E-state index contributed by atoms with van der Waals surface area (Å²) in [6.07, 6.45) is 8.43. The minimum atomic E-state index is 0.550. The molecule has 0 aliphatic heterocycles. The van der Waals surface area contributed by atoms with Crippen molar-refractivity contribution in [3.8, 4) is 0 Å². The van der Waals surface area contributed by atoms with E-state index < -0.39 is 0 Å². The summed E-state index contributed by atoms with van der Waals surface area (Å²) in [6.45, 7) is 0. The SMILES string of the molecule is BrCC(CBr)c1ccc([C]2[CH][CH][CH][CH]2)cc1. The summed E-state index contributed by atoms with van der Waals surface area (Å²) in [7, 11) is 0. The zero-order valence-corrected chi connectivity index (χ0v) is 12.0. The zero-order valence-electron chi connectivity index (χ0n) is 8.87. The van der Waals surface area contributed by atoms with Crippen LogP contribution in [0.4, 0.5) is 0 Å². The van der Waals surface area contributed by atoms with E-state index in [1.165, 1.54) is 17.0 Å². The Morgan fingerprint density at radius 2 is 1.44 bits per heavy atom. The molecule has 0 heterocycles. The molecule has 2 rings (SSSR count). The maximum atomic E-state index is 3.54. The number of halogens is 2. The first-order valence-corrected chi connectivity index (χ1v) is 7.53. The maximum Gasteiger partial charge on any atom is 0.0124 e. The number of alkyl halides is 2. The molecule has 83 valence electrons. The van der Waals surface area contributed by atoms with Gasteiger partial charge in [-0.2, -0.15) is 0 Å². The molecule has 0 saturated heterocycles. The fourth-order valence-corrected chi connectivity index (χ4v) is 3.55. The normalized spacial score (nSPS) is 17.2. The van der Waals surface area contributed by atoms with E-state index in [1.807, 2.05) is 0 Å². The van der Waals surface area contributed by atoms with Crippen molar-refractivity contribution in [2.75, 3.05) is 10.7 Å². The highest BCUT2D eigenvalue weighted by molar-refractivity contribution is 9.09. The van der Waals surface area contributed by atoms with Crippen LogP contribution >= 0.6 is 31.9 Å². The zero-order chi connectivity index (χ0) is 11.4. The van der Waals surface area contributed by atoms with Crippen molar-refractivity contribution in [3.63, 3.8) is 0 Å². The van der Waals surface area contributed by atoms with Crippen LogP contribution in [-0.4, -0.2) is 10.7 Å². The predicted octanol–water partition coefficient (Wildman–Crippen LogP) is 4.31. The van der Waals surface area contributed by atoms with Gasteiger partial charge in [0.2, 0.25) is 0 Å². The molecule has 1 aromatic carbocycles. The molecule has 1 fully saturated rings. The maximum absolute atomic E-state index is 3.54. The van der Waals surface area contributed by atoms with Crippen LogP contribution in [0.15, 0.2) is 24.3 Å². The van der Waals surface area contributed by atoms with Gasteiger partial charge >= 0.3 is 0 Å². The minimum Gasteiger partial charge on any atom is -0.0921 e. The molecular weight excluding hydrogens is 328 g/mol. The molecule has 1 saturated carbocycles. The lowest BCUT2D eigenvalue weighted by Gasteiger charge is -2.13. The van der Waals surface area contributed by atoms with Crippen LogP contribution in [0, 0.1) is 31.6 Å². The standard InChI is InChI=1S/C14H13Br2/c15-9-14(10-16)13-7-5-12(6-8-13)11-3-1-2-4-11/h1-8,14H,9-10H2. The Morgan fingerprint density at radius 1 is 0.875 bits per heavy atom. The van der Waals surface area contributed by atoms with Gasteiger partial charge in [0, 0.05) is 22.5 Å². The van der Waals surface area contributed by atoms with E-state index in [0.717, 1.165) is 10.7 Å². The smallest absolute Gasteiger partial charge is 0.0124 e. The largest absolute Gasteiger partial charge is 0.0921 e. The lowest BCUT2D eigenvalue weighted by atomic mass is 9.94. The third-order valence-electron chi connectivity index (χ3n) is 2.75. The van der Waals surface area contributed by atoms with Gasteiger partial charge in [-0.3, -0.25) is 0 Å². The van der Waals surface area contributed by atoms with E-state index in [0.29, 0.717) is 5.92 Å².